The number of carbonyl (C=O) groups is 1. The molecule has 2 rings (SSSR count). The minimum atomic E-state index is -0.948. The zero-order valence-corrected chi connectivity index (χ0v) is 12.6. The van der Waals surface area contributed by atoms with Gasteiger partial charge in [0.05, 0.1) is 11.2 Å². The standard InChI is InChI=1S/C15H18BNO4/c1-14(2)15(3,4)21-16(20-14)11-8-9-12(17-10-11)6-5-7-13(18)19/h8-10H,7H2,1-4H3,(H,18,19). The first kappa shape index (κ1) is 15.6. The lowest BCUT2D eigenvalue weighted by Crippen LogP contribution is -2.41. The Bertz CT molecular complexity index is 582. The van der Waals surface area contributed by atoms with Gasteiger partial charge in [-0.1, -0.05) is 12.0 Å². The minimum absolute atomic E-state index is 0.194. The van der Waals surface area contributed by atoms with E-state index < -0.39 is 24.3 Å². The normalized spacial score (nSPS) is 19.0. The number of aromatic nitrogens is 1. The van der Waals surface area contributed by atoms with Gasteiger partial charge in [-0.2, -0.15) is 0 Å². The number of rotatable bonds is 2. The van der Waals surface area contributed by atoms with E-state index in [0.29, 0.717) is 5.69 Å². The minimum Gasteiger partial charge on any atom is -0.481 e. The lowest BCUT2D eigenvalue weighted by molar-refractivity contribution is -0.135. The number of pyridine rings is 1. The van der Waals surface area contributed by atoms with E-state index in [2.05, 4.69) is 16.8 Å². The van der Waals surface area contributed by atoms with Crippen LogP contribution in [0.15, 0.2) is 18.3 Å². The molecule has 21 heavy (non-hydrogen) atoms. The fourth-order valence-electron chi connectivity index (χ4n) is 1.81. The molecular weight excluding hydrogens is 269 g/mol. The molecule has 0 bridgehead atoms. The van der Waals surface area contributed by atoms with Crippen LogP contribution in [0.25, 0.3) is 0 Å². The van der Waals surface area contributed by atoms with Crippen LogP contribution in [-0.2, 0) is 14.1 Å². The van der Waals surface area contributed by atoms with Crippen molar-refractivity contribution in [2.24, 2.45) is 0 Å². The van der Waals surface area contributed by atoms with Gasteiger partial charge in [-0.15, -0.1) is 0 Å². The van der Waals surface area contributed by atoms with Gasteiger partial charge < -0.3 is 14.4 Å². The van der Waals surface area contributed by atoms with E-state index in [1.54, 1.807) is 12.3 Å². The molecule has 1 aromatic heterocycles. The van der Waals surface area contributed by atoms with Crippen LogP contribution in [0.2, 0.25) is 0 Å². The van der Waals surface area contributed by atoms with Gasteiger partial charge in [0.1, 0.15) is 12.1 Å². The predicted molar refractivity (Wildman–Crippen MR) is 79.1 cm³/mol. The average Bonchev–Trinajstić information content (AvgIpc) is 2.59. The van der Waals surface area contributed by atoms with Crippen molar-refractivity contribution in [1.82, 2.24) is 4.98 Å². The molecule has 110 valence electrons. The molecule has 0 spiro atoms. The summed E-state index contributed by atoms with van der Waals surface area (Å²) in [6.45, 7) is 7.97. The molecule has 0 amide bonds. The van der Waals surface area contributed by atoms with Gasteiger partial charge in [0.25, 0.3) is 0 Å². The highest BCUT2D eigenvalue weighted by Crippen LogP contribution is 2.36. The van der Waals surface area contributed by atoms with Crippen LogP contribution >= 0.6 is 0 Å². The Kier molecular flexibility index (Phi) is 4.08. The van der Waals surface area contributed by atoms with E-state index in [1.807, 2.05) is 33.8 Å². The Morgan fingerprint density at radius 3 is 2.38 bits per heavy atom. The van der Waals surface area contributed by atoms with Crippen LogP contribution in [0.4, 0.5) is 0 Å². The number of carboxylic acids is 1. The summed E-state index contributed by atoms with van der Waals surface area (Å²) in [7, 11) is -0.455. The Morgan fingerprint density at radius 1 is 1.29 bits per heavy atom. The lowest BCUT2D eigenvalue weighted by atomic mass is 9.80. The molecule has 0 aliphatic carbocycles. The summed E-state index contributed by atoms with van der Waals surface area (Å²) in [5, 5.41) is 8.52. The van der Waals surface area contributed by atoms with E-state index >= 15 is 0 Å². The summed E-state index contributed by atoms with van der Waals surface area (Å²) in [4.78, 5) is 14.6. The number of hydrogen-bond donors (Lipinski definition) is 1. The molecule has 1 saturated heterocycles. The van der Waals surface area contributed by atoms with Crippen molar-refractivity contribution in [1.29, 1.82) is 0 Å². The number of hydrogen-bond acceptors (Lipinski definition) is 4. The fourth-order valence-corrected chi connectivity index (χ4v) is 1.81. The summed E-state index contributed by atoms with van der Waals surface area (Å²) < 4.78 is 11.9. The monoisotopic (exact) mass is 287 g/mol. The summed E-state index contributed by atoms with van der Waals surface area (Å²) >= 11 is 0. The van der Waals surface area contributed by atoms with Gasteiger partial charge in [-0.25, -0.2) is 4.98 Å². The van der Waals surface area contributed by atoms with Crippen LogP contribution in [-0.4, -0.2) is 34.4 Å². The third-order valence-corrected chi connectivity index (χ3v) is 3.77. The third kappa shape index (κ3) is 3.44. The molecule has 0 atom stereocenters. The molecule has 0 saturated carbocycles. The van der Waals surface area contributed by atoms with Crippen molar-refractivity contribution < 1.29 is 19.2 Å². The maximum atomic E-state index is 10.4. The molecule has 0 radical (unpaired) electrons. The van der Waals surface area contributed by atoms with Crippen molar-refractivity contribution in [3.05, 3.63) is 24.0 Å². The molecule has 1 fully saturated rings. The first-order valence-electron chi connectivity index (χ1n) is 6.73. The maximum Gasteiger partial charge on any atom is 0.496 e. The second-order valence-electron chi connectivity index (χ2n) is 5.94. The van der Waals surface area contributed by atoms with Gasteiger partial charge in [0, 0.05) is 11.7 Å². The van der Waals surface area contributed by atoms with E-state index in [-0.39, 0.29) is 6.42 Å². The van der Waals surface area contributed by atoms with Crippen molar-refractivity contribution in [2.45, 2.75) is 45.3 Å². The largest absolute Gasteiger partial charge is 0.496 e. The smallest absolute Gasteiger partial charge is 0.481 e. The van der Waals surface area contributed by atoms with Gasteiger partial charge in [0.2, 0.25) is 0 Å². The SMILES string of the molecule is CC1(C)OB(c2ccc(C#CCC(=O)O)nc2)OC1(C)C. The third-order valence-electron chi connectivity index (χ3n) is 3.77. The van der Waals surface area contributed by atoms with Crippen molar-refractivity contribution in [2.75, 3.05) is 0 Å². The summed E-state index contributed by atoms with van der Waals surface area (Å²) in [5.74, 6) is 4.30. The van der Waals surface area contributed by atoms with Crippen LogP contribution < -0.4 is 5.46 Å². The molecule has 1 aliphatic heterocycles. The average molecular weight is 287 g/mol. The van der Waals surface area contributed by atoms with E-state index in [1.165, 1.54) is 0 Å². The van der Waals surface area contributed by atoms with Crippen LogP contribution in [0.1, 0.15) is 39.8 Å². The van der Waals surface area contributed by atoms with Gasteiger partial charge >= 0.3 is 13.1 Å². The van der Waals surface area contributed by atoms with Gasteiger partial charge in [-0.3, -0.25) is 4.79 Å². The van der Waals surface area contributed by atoms with E-state index in [4.69, 9.17) is 14.4 Å². The molecule has 2 heterocycles. The van der Waals surface area contributed by atoms with Crippen molar-refractivity contribution in [3.63, 3.8) is 0 Å². The highest BCUT2D eigenvalue weighted by Gasteiger charge is 2.51. The Labute approximate surface area is 124 Å². The Hall–Kier alpha value is -1.84. The van der Waals surface area contributed by atoms with Crippen LogP contribution in [0.3, 0.4) is 0 Å². The number of aliphatic carboxylic acids is 1. The van der Waals surface area contributed by atoms with Crippen LogP contribution in [0.5, 0.6) is 0 Å². The first-order chi connectivity index (χ1) is 9.71. The highest BCUT2D eigenvalue weighted by atomic mass is 16.7. The van der Waals surface area contributed by atoms with E-state index in [9.17, 15) is 4.79 Å². The summed E-state index contributed by atoms with van der Waals surface area (Å²) in [6.07, 6.45) is 1.45. The zero-order chi connectivity index (χ0) is 15.7. The predicted octanol–water partition coefficient (Wildman–Crippen LogP) is 1.21. The second-order valence-corrected chi connectivity index (χ2v) is 5.94. The highest BCUT2D eigenvalue weighted by molar-refractivity contribution is 6.62. The topological polar surface area (TPSA) is 68.7 Å². The molecule has 1 aromatic rings. The number of carboxylic acid groups (broad SMARTS) is 1. The quantitative estimate of drug-likeness (QED) is 0.654. The molecule has 1 aliphatic rings. The second kappa shape index (κ2) is 5.51. The zero-order valence-electron chi connectivity index (χ0n) is 12.6. The lowest BCUT2D eigenvalue weighted by Gasteiger charge is -2.32. The Morgan fingerprint density at radius 2 is 1.90 bits per heavy atom. The van der Waals surface area contributed by atoms with Crippen LogP contribution in [0, 0.1) is 11.8 Å². The van der Waals surface area contributed by atoms with Gasteiger partial charge in [0.15, 0.2) is 0 Å². The van der Waals surface area contributed by atoms with E-state index in [0.717, 1.165) is 5.46 Å². The number of nitrogens with zero attached hydrogens (tertiary/aromatic N) is 1. The molecule has 6 heteroatoms. The van der Waals surface area contributed by atoms with Crippen molar-refractivity contribution >= 4 is 18.6 Å². The summed E-state index contributed by atoms with van der Waals surface area (Å²) in [5.41, 5.74) is 0.559. The molecular formula is C15H18BNO4. The summed E-state index contributed by atoms with van der Waals surface area (Å²) in [6, 6.07) is 3.56. The molecule has 0 unspecified atom stereocenters. The molecule has 0 aromatic carbocycles. The maximum absolute atomic E-state index is 10.4. The van der Waals surface area contributed by atoms with Crippen molar-refractivity contribution in [3.8, 4) is 11.8 Å². The fraction of sp³-hybridized carbons (Fsp3) is 0.467. The molecule has 1 N–H and O–H groups in total. The molecule has 5 nitrogen and oxygen atoms in total. The first-order valence-corrected chi connectivity index (χ1v) is 6.73. The van der Waals surface area contributed by atoms with Gasteiger partial charge in [-0.05, 0) is 39.7 Å². The Balaban J connectivity index is 2.10.